The van der Waals surface area contributed by atoms with E-state index in [1.165, 1.54) is 0 Å². The third-order valence-corrected chi connectivity index (χ3v) is 2.47. The molecule has 0 aliphatic heterocycles. The van der Waals surface area contributed by atoms with E-state index >= 15 is 0 Å². The molecule has 1 rings (SSSR count). The average molecular weight is 171 g/mol. The number of rotatable bonds is 2. The first-order valence-corrected chi connectivity index (χ1v) is 4.82. The second kappa shape index (κ2) is 3.35. The Hall–Kier alpha value is -0.0800. The minimum absolute atomic E-state index is 0.238. The average Bonchev–Trinajstić information content (AvgIpc) is 2.03. The van der Waals surface area contributed by atoms with Crippen molar-refractivity contribution in [1.82, 2.24) is 0 Å². The Balaban J connectivity index is 2.47. The van der Waals surface area contributed by atoms with E-state index in [2.05, 4.69) is 27.7 Å². The molecule has 1 aliphatic rings. The van der Waals surface area contributed by atoms with Crippen molar-refractivity contribution >= 4 is 0 Å². The molecule has 0 bridgehead atoms. The van der Waals surface area contributed by atoms with Crippen LogP contribution in [0.5, 0.6) is 0 Å². The fourth-order valence-electron chi connectivity index (χ4n) is 2.05. The molecule has 2 heteroatoms. The van der Waals surface area contributed by atoms with Crippen molar-refractivity contribution < 1.29 is 4.74 Å². The molecule has 0 aromatic rings. The van der Waals surface area contributed by atoms with Gasteiger partial charge in [-0.15, -0.1) is 0 Å². The van der Waals surface area contributed by atoms with E-state index in [4.69, 9.17) is 10.5 Å². The van der Waals surface area contributed by atoms with Crippen molar-refractivity contribution in [2.75, 3.05) is 0 Å². The Labute approximate surface area is 75.5 Å². The van der Waals surface area contributed by atoms with Crippen LogP contribution in [0.2, 0.25) is 0 Å². The maximum Gasteiger partial charge on any atom is 0.0734 e. The topological polar surface area (TPSA) is 35.2 Å². The van der Waals surface area contributed by atoms with E-state index in [0.29, 0.717) is 11.5 Å². The van der Waals surface area contributed by atoms with Gasteiger partial charge in [-0.25, -0.2) is 0 Å². The SMILES string of the molecule is CC(C)O[C@@H]1CC(C)(C)C[C@H]1N. The van der Waals surface area contributed by atoms with Gasteiger partial charge in [0.15, 0.2) is 0 Å². The van der Waals surface area contributed by atoms with Gasteiger partial charge in [-0.2, -0.15) is 0 Å². The molecule has 2 N–H and O–H groups in total. The second-order valence-corrected chi connectivity index (χ2v) is 4.96. The van der Waals surface area contributed by atoms with Gasteiger partial charge in [-0.05, 0) is 32.1 Å². The number of hydrogen-bond acceptors (Lipinski definition) is 2. The van der Waals surface area contributed by atoms with Crippen LogP contribution in [0.15, 0.2) is 0 Å². The van der Waals surface area contributed by atoms with Crippen molar-refractivity contribution in [3.8, 4) is 0 Å². The van der Waals surface area contributed by atoms with E-state index < -0.39 is 0 Å². The fraction of sp³-hybridized carbons (Fsp3) is 1.00. The van der Waals surface area contributed by atoms with Crippen molar-refractivity contribution in [1.29, 1.82) is 0 Å². The molecule has 0 aromatic carbocycles. The van der Waals surface area contributed by atoms with Crippen LogP contribution < -0.4 is 5.73 Å². The molecule has 0 heterocycles. The lowest BCUT2D eigenvalue weighted by Gasteiger charge is -2.19. The molecule has 1 saturated carbocycles. The molecular weight excluding hydrogens is 150 g/mol. The van der Waals surface area contributed by atoms with E-state index in [-0.39, 0.29) is 12.1 Å². The molecule has 0 unspecified atom stereocenters. The summed E-state index contributed by atoms with van der Waals surface area (Å²) in [6.45, 7) is 8.66. The van der Waals surface area contributed by atoms with Gasteiger partial charge in [0, 0.05) is 6.04 Å². The largest absolute Gasteiger partial charge is 0.374 e. The summed E-state index contributed by atoms with van der Waals surface area (Å²) in [5.74, 6) is 0. The van der Waals surface area contributed by atoms with Crippen LogP contribution in [0.4, 0.5) is 0 Å². The molecule has 0 amide bonds. The van der Waals surface area contributed by atoms with Crippen LogP contribution in [0.1, 0.15) is 40.5 Å². The first-order chi connectivity index (χ1) is 5.41. The molecule has 0 radical (unpaired) electrons. The second-order valence-electron chi connectivity index (χ2n) is 4.96. The Morgan fingerprint density at radius 2 is 1.92 bits per heavy atom. The molecule has 1 fully saturated rings. The van der Waals surface area contributed by atoms with Gasteiger partial charge >= 0.3 is 0 Å². The monoisotopic (exact) mass is 171 g/mol. The van der Waals surface area contributed by atoms with Gasteiger partial charge in [0.2, 0.25) is 0 Å². The van der Waals surface area contributed by atoms with Gasteiger partial charge in [-0.1, -0.05) is 13.8 Å². The van der Waals surface area contributed by atoms with E-state index in [1.54, 1.807) is 0 Å². The van der Waals surface area contributed by atoms with Crippen LogP contribution in [0.3, 0.4) is 0 Å². The van der Waals surface area contributed by atoms with Gasteiger partial charge in [0.05, 0.1) is 12.2 Å². The van der Waals surface area contributed by atoms with E-state index in [9.17, 15) is 0 Å². The lowest BCUT2D eigenvalue weighted by Crippen LogP contribution is -2.33. The molecule has 2 nitrogen and oxygen atoms in total. The predicted molar refractivity (Wildman–Crippen MR) is 51.0 cm³/mol. The summed E-state index contributed by atoms with van der Waals surface area (Å²) in [6, 6.07) is 0.238. The zero-order valence-corrected chi connectivity index (χ0v) is 8.63. The molecule has 0 aromatic heterocycles. The van der Waals surface area contributed by atoms with Crippen molar-refractivity contribution in [2.45, 2.75) is 58.8 Å². The fourth-order valence-corrected chi connectivity index (χ4v) is 2.05. The third kappa shape index (κ3) is 2.46. The Morgan fingerprint density at radius 3 is 2.25 bits per heavy atom. The minimum Gasteiger partial charge on any atom is -0.374 e. The van der Waals surface area contributed by atoms with Crippen LogP contribution in [0.25, 0.3) is 0 Å². The predicted octanol–water partition coefficient (Wildman–Crippen LogP) is 1.93. The van der Waals surface area contributed by atoms with Crippen LogP contribution in [-0.2, 0) is 4.74 Å². The summed E-state index contributed by atoms with van der Waals surface area (Å²) in [4.78, 5) is 0. The van der Waals surface area contributed by atoms with Crippen molar-refractivity contribution in [2.24, 2.45) is 11.1 Å². The van der Waals surface area contributed by atoms with Crippen LogP contribution in [-0.4, -0.2) is 18.2 Å². The first kappa shape index (κ1) is 10.0. The summed E-state index contributed by atoms with van der Waals surface area (Å²) in [5, 5.41) is 0. The van der Waals surface area contributed by atoms with Gasteiger partial charge in [0.25, 0.3) is 0 Å². The lowest BCUT2D eigenvalue weighted by atomic mass is 9.92. The van der Waals surface area contributed by atoms with E-state index in [1.807, 2.05) is 0 Å². The van der Waals surface area contributed by atoms with Gasteiger partial charge < -0.3 is 10.5 Å². The standard InChI is InChI=1S/C10H21NO/c1-7(2)12-9-6-10(3,4)5-8(9)11/h7-9H,5-6,11H2,1-4H3/t8-,9-/m1/s1. The molecule has 0 spiro atoms. The molecule has 0 saturated heterocycles. The third-order valence-electron chi connectivity index (χ3n) is 2.47. The lowest BCUT2D eigenvalue weighted by molar-refractivity contribution is -0.000198. The smallest absolute Gasteiger partial charge is 0.0734 e. The Kier molecular flexibility index (Phi) is 2.79. The summed E-state index contributed by atoms with van der Waals surface area (Å²) >= 11 is 0. The number of ether oxygens (including phenoxy) is 1. The quantitative estimate of drug-likeness (QED) is 0.689. The first-order valence-electron chi connectivity index (χ1n) is 4.82. The minimum atomic E-state index is 0.238. The van der Waals surface area contributed by atoms with Gasteiger partial charge in [-0.3, -0.25) is 0 Å². The van der Waals surface area contributed by atoms with E-state index in [0.717, 1.165) is 12.8 Å². The highest BCUT2D eigenvalue weighted by Crippen LogP contribution is 2.38. The summed E-state index contributed by atoms with van der Waals surface area (Å²) in [7, 11) is 0. The highest BCUT2D eigenvalue weighted by molar-refractivity contribution is 4.92. The molecular formula is C10H21NO. The van der Waals surface area contributed by atoms with Crippen LogP contribution >= 0.6 is 0 Å². The van der Waals surface area contributed by atoms with Crippen molar-refractivity contribution in [3.63, 3.8) is 0 Å². The normalized spacial score (nSPS) is 34.5. The number of nitrogens with two attached hydrogens (primary N) is 1. The zero-order chi connectivity index (χ0) is 9.35. The maximum absolute atomic E-state index is 5.98. The summed E-state index contributed by atoms with van der Waals surface area (Å²) < 4.78 is 5.73. The Bertz CT molecular complexity index is 154. The molecule has 12 heavy (non-hydrogen) atoms. The Morgan fingerprint density at radius 1 is 1.33 bits per heavy atom. The van der Waals surface area contributed by atoms with Crippen LogP contribution in [0, 0.1) is 5.41 Å². The molecule has 72 valence electrons. The highest BCUT2D eigenvalue weighted by Gasteiger charge is 2.38. The maximum atomic E-state index is 5.98. The molecule has 2 atom stereocenters. The number of hydrogen-bond donors (Lipinski definition) is 1. The summed E-state index contributed by atoms with van der Waals surface area (Å²) in [6.07, 6.45) is 2.77. The van der Waals surface area contributed by atoms with Gasteiger partial charge in [0.1, 0.15) is 0 Å². The summed E-state index contributed by atoms with van der Waals surface area (Å²) in [5.41, 5.74) is 6.35. The zero-order valence-electron chi connectivity index (χ0n) is 8.63. The highest BCUT2D eigenvalue weighted by atomic mass is 16.5. The molecule has 1 aliphatic carbocycles. The van der Waals surface area contributed by atoms with Crippen molar-refractivity contribution in [3.05, 3.63) is 0 Å².